The van der Waals surface area contributed by atoms with Crippen LogP contribution in [0.15, 0.2) is 54.7 Å². The highest BCUT2D eigenvalue weighted by molar-refractivity contribution is 7.70. The van der Waals surface area contributed by atoms with Gasteiger partial charge in [0, 0.05) is 68.6 Å². The predicted molar refractivity (Wildman–Crippen MR) is 182 cm³/mol. The molecule has 11 heteroatoms. The van der Waals surface area contributed by atoms with Crippen LogP contribution in [0.2, 0.25) is 0 Å². The van der Waals surface area contributed by atoms with Crippen LogP contribution in [0.5, 0.6) is 5.75 Å². The number of nitrogens with one attached hydrogen (secondary N) is 3. The third-order valence-electron chi connectivity index (χ3n) is 8.61. The number of benzene rings is 2. The molecule has 2 fully saturated rings. The Morgan fingerprint density at radius 2 is 1.68 bits per heavy atom. The summed E-state index contributed by atoms with van der Waals surface area (Å²) in [5, 5.41) is 8.49. The van der Waals surface area contributed by atoms with E-state index in [1.54, 1.807) is 13.3 Å². The minimum Gasteiger partial charge on any atom is -0.489 e. The van der Waals surface area contributed by atoms with Crippen molar-refractivity contribution in [1.29, 1.82) is 0 Å². The average Bonchev–Trinajstić information content (AvgIpc) is 3.47. The SMILES string of the molecule is CC(C)Oc1cc(N2CCC(N3CCN(C)CC3)CC2)ccc1Nc1nc(Nc2ccccc2P(C)(C)=O)c2cc[nH]c2n1. The second kappa shape index (κ2) is 12.8. The molecule has 0 radical (unpaired) electrons. The first-order valence-electron chi connectivity index (χ1n) is 15.7. The van der Waals surface area contributed by atoms with E-state index >= 15 is 0 Å². The van der Waals surface area contributed by atoms with Gasteiger partial charge in [-0.15, -0.1) is 0 Å². The smallest absolute Gasteiger partial charge is 0.231 e. The van der Waals surface area contributed by atoms with Gasteiger partial charge in [0.25, 0.3) is 0 Å². The van der Waals surface area contributed by atoms with E-state index in [0.29, 0.717) is 23.5 Å². The Morgan fingerprint density at radius 1 is 0.932 bits per heavy atom. The lowest BCUT2D eigenvalue weighted by Gasteiger charge is -2.42. The van der Waals surface area contributed by atoms with Crippen molar-refractivity contribution in [3.8, 4) is 5.75 Å². The fourth-order valence-corrected chi connectivity index (χ4v) is 7.38. The van der Waals surface area contributed by atoms with E-state index in [1.165, 1.54) is 31.6 Å². The maximum atomic E-state index is 13.0. The Labute approximate surface area is 260 Å². The molecule has 234 valence electrons. The van der Waals surface area contributed by atoms with Crippen LogP contribution in [0.1, 0.15) is 26.7 Å². The molecule has 0 spiro atoms. The van der Waals surface area contributed by atoms with Crippen molar-refractivity contribution < 1.29 is 9.30 Å². The highest BCUT2D eigenvalue weighted by Gasteiger charge is 2.27. The molecule has 2 saturated heterocycles. The number of piperidine rings is 1. The van der Waals surface area contributed by atoms with Crippen LogP contribution in [0.3, 0.4) is 0 Å². The first-order chi connectivity index (χ1) is 21.1. The average molecular weight is 617 g/mol. The van der Waals surface area contributed by atoms with E-state index in [2.05, 4.69) is 55.6 Å². The summed E-state index contributed by atoms with van der Waals surface area (Å²) in [7, 11) is -0.293. The number of piperazine rings is 1. The molecule has 3 N–H and O–H groups in total. The molecule has 2 aromatic heterocycles. The number of rotatable bonds is 9. The Morgan fingerprint density at radius 3 is 2.41 bits per heavy atom. The third kappa shape index (κ3) is 6.88. The quantitative estimate of drug-likeness (QED) is 0.205. The molecule has 2 aliphatic rings. The van der Waals surface area contributed by atoms with E-state index in [4.69, 9.17) is 14.7 Å². The van der Waals surface area contributed by atoms with E-state index < -0.39 is 7.14 Å². The molecule has 4 heterocycles. The Balaban J connectivity index is 1.23. The number of para-hydroxylation sites is 1. The lowest BCUT2D eigenvalue weighted by atomic mass is 10.0. The number of hydrogen-bond acceptors (Lipinski definition) is 9. The minimum atomic E-state index is -2.51. The van der Waals surface area contributed by atoms with Gasteiger partial charge in [-0.2, -0.15) is 9.97 Å². The molecule has 0 aliphatic carbocycles. The van der Waals surface area contributed by atoms with E-state index in [0.717, 1.165) is 54.0 Å². The van der Waals surface area contributed by atoms with Gasteiger partial charge in [0.1, 0.15) is 24.4 Å². The van der Waals surface area contributed by atoms with Crippen molar-refractivity contribution >= 4 is 52.3 Å². The Hall–Kier alpha value is -3.59. The van der Waals surface area contributed by atoms with Crippen LogP contribution in [-0.2, 0) is 4.57 Å². The van der Waals surface area contributed by atoms with Crippen LogP contribution < -0.4 is 25.6 Å². The Bertz CT molecular complexity index is 1630. The predicted octanol–water partition coefficient (Wildman–Crippen LogP) is 5.70. The molecular weight excluding hydrogens is 571 g/mol. The molecule has 0 atom stereocenters. The Kier molecular flexibility index (Phi) is 8.85. The van der Waals surface area contributed by atoms with Crippen molar-refractivity contribution in [2.45, 2.75) is 38.8 Å². The lowest BCUT2D eigenvalue weighted by Crippen LogP contribution is -2.52. The molecule has 2 aliphatic heterocycles. The van der Waals surface area contributed by atoms with Crippen LogP contribution in [0, 0.1) is 0 Å². The zero-order chi connectivity index (χ0) is 30.8. The molecule has 0 bridgehead atoms. The summed E-state index contributed by atoms with van der Waals surface area (Å²) in [6, 6.07) is 16.7. The van der Waals surface area contributed by atoms with Gasteiger partial charge in [0.05, 0.1) is 22.9 Å². The van der Waals surface area contributed by atoms with Crippen molar-refractivity contribution in [3.05, 3.63) is 54.7 Å². The zero-order valence-electron chi connectivity index (χ0n) is 26.5. The maximum absolute atomic E-state index is 13.0. The topological polar surface area (TPSA) is 102 Å². The number of anilines is 5. The van der Waals surface area contributed by atoms with Crippen molar-refractivity contribution in [3.63, 3.8) is 0 Å². The van der Waals surface area contributed by atoms with Gasteiger partial charge < -0.3 is 34.7 Å². The molecule has 0 amide bonds. The summed E-state index contributed by atoms with van der Waals surface area (Å²) >= 11 is 0. The van der Waals surface area contributed by atoms with Crippen molar-refractivity contribution in [2.75, 3.05) is 75.2 Å². The third-order valence-corrected chi connectivity index (χ3v) is 10.2. The number of aromatic amines is 1. The van der Waals surface area contributed by atoms with Gasteiger partial charge in [-0.3, -0.25) is 4.90 Å². The number of nitrogens with zero attached hydrogens (tertiary/aromatic N) is 5. The van der Waals surface area contributed by atoms with E-state index in [1.807, 2.05) is 50.4 Å². The molecule has 2 aromatic carbocycles. The molecule has 44 heavy (non-hydrogen) atoms. The fourth-order valence-electron chi connectivity index (χ4n) is 6.23. The first kappa shape index (κ1) is 30.4. The zero-order valence-corrected chi connectivity index (χ0v) is 27.4. The van der Waals surface area contributed by atoms with Crippen LogP contribution in [0.4, 0.5) is 28.8 Å². The second-order valence-corrected chi connectivity index (χ2v) is 15.8. The monoisotopic (exact) mass is 616 g/mol. The van der Waals surface area contributed by atoms with E-state index in [-0.39, 0.29) is 6.10 Å². The highest BCUT2D eigenvalue weighted by atomic mass is 31.2. The number of ether oxygens (including phenoxy) is 1. The fraction of sp³-hybridized carbons (Fsp3) is 0.455. The minimum absolute atomic E-state index is 0.00748. The number of H-pyrrole nitrogens is 1. The molecular formula is C33H45N8O2P. The normalized spacial score (nSPS) is 17.4. The standard InChI is InChI=1S/C33H45N8O2P/c1-23(2)43-29-22-25(40-16-13-24(14-17-40)41-20-18-39(3)19-21-41)10-11-27(29)36-33-37-31-26(12-15-34-31)32(38-33)35-28-8-6-7-9-30(28)44(4,5)42/h6-12,15,22-24H,13-14,16-21H2,1-5H3,(H3,34,35,36,37,38). The largest absolute Gasteiger partial charge is 0.489 e. The summed E-state index contributed by atoms with van der Waals surface area (Å²) in [4.78, 5) is 20.4. The number of aromatic nitrogens is 3. The van der Waals surface area contributed by atoms with Crippen LogP contribution in [0.25, 0.3) is 11.0 Å². The number of hydrogen-bond donors (Lipinski definition) is 3. The first-order valence-corrected chi connectivity index (χ1v) is 18.3. The maximum Gasteiger partial charge on any atom is 0.231 e. The second-order valence-electron chi connectivity index (χ2n) is 12.7. The van der Waals surface area contributed by atoms with E-state index in [9.17, 15) is 4.57 Å². The summed E-state index contributed by atoms with van der Waals surface area (Å²) in [6.07, 6.45) is 4.21. The molecule has 4 aromatic rings. The number of likely N-dealkylation sites (N-methyl/N-ethyl adjacent to an activating group) is 1. The summed E-state index contributed by atoms with van der Waals surface area (Å²) < 4.78 is 19.3. The van der Waals surface area contributed by atoms with Gasteiger partial charge in [-0.1, -0.05) is 12.1 Å². The summed E-state index contributed by atoms with van der Waals surface area (Å²) in [6.45, 7) is 14.4. The molecule has 0 saturated carbocycles. The van der Waals surface area contributed by atoms with Crippen molar-refractivity contribution in [2.24, 2.45) is 0 Å². The molecule has 0 unspecified atom stereocenters. The van der Waals surface area contributed by atoms with Gasteiger partial charge in [-0.05, 0) is 77.4 Å². The van der Waals surface area contributed by atoms with Gasteiger partial charge in [-0.25, -0.2) is 0 Å². The number of fused-ring (bicyclic) bond motifs is 1. The van der Waals surface area contributed by atoms with Gasteiger partial charge in [0.2, 0.25) is 5.95 Å². The lowest BCUT2D eigenvalue weighted by molar-refractivity contribution is 0.0982. The summed E-state index contributed by atoms with van der Waals surface area (Å²) in [5.74, 6) is 1.84. The van der Waals surface area contributed by atoms with Crippen LogP contribution in [-0.4, -0.2) is 96.5 Å². The summed E-state index contributed by atoms with van der Waals surface area (Å²) in [5.41, 5.74) is 3.45. The molecule has 10 nitrogen and oxygen atoms in total. The highest BCUT2D eigenvalue weighted by Crippen LogP contribution is 2.39. The molecule has 6 rings (SSSR count). The van der Waals surface area contributed by atoms with Crippen LogP contribution >= 0.6 is 7.14 Å². The van der Waals surface area contributed by atoms with Gasteiger partial charge >= 0.3 is 0 Å². The van der Waals surface area contributed by atoms with Gasteiger partial charge in [0.15, 0.2) is 0 Å². The van der Waals surface area contributed by atoms with Crippen molar-refractivity contribution in [1.82, 2.24) is 24.8 Å².